The van der Waals surface area contributed by atoms with Crippen LogP contribution in [0.2, 0.25) is 0 Å². The number of amides is 2. The van der Waals surface area contributed by atoms with Crippen molar-refractivity contribution in [1.29, 1.82) is 0 Å². The zero-order valence-electron chi connectivity index (χ0n) is 14.9. The summed E-state index contributed by atoms with van der Waals surface area (Å²) in [5.74, 6) is 0.903. The minimum atomic E-state index is -0.433. The molecule has 1 atom stereocenters. The molecular formula is C18H26N4O3. The van der Waals surface area contributed by atoms with Gasteiger partial charge in [0.25, 0.3) is 0 Å². The highest BCUT2D eigenvalue weighted by atomic mass is 16.2. The van der Waals surface area contributed by atoms with E-state index in [1.165, 1.54) is 23.6 Å². The van der Waals surface area contributed by atoms with Crippen molar-refractivity contribution >= 4 is 11.8 Å². The highest BCUT2D eigenvalue weighted by molar-refractivity contribution is 5.80. The molecule has 1 aliphatic carbocycles. The molecular weight excluding hydrogens is 320 g/mol. The summed E-state index contributed by atoms with van der Waals surface area (Å²) in [4.78, 5) is 44.4. The minimum Gasteiger partial charge on any atom is -0.339 e. The van der Waals surface area contributed by atoms with E-state index in [-0.39, 0.29) is 30.3 Å². The lowest BCUT2D eigenvalue weighted by Gasteiger charge is -2.34. The summed E-state index contributed by atoms with van der Waals surface area (Å²) in [5.41, 5.74) is -0.433. The van der Waals surface area contributed by atoms with Gasteiger partial charge in [-0.05, 0) is 30.7 Å². The smallest absolute Gasteiger partial charge is 0.339 e. The Balaban J connectivity index is 1.73. The first kappa shape index (κ1) is 17.6. The third kappa shape index (κ3) is 4.27. The number of hydrogen-bond acceptors (Lipinski definition) is 4. The number of carbonyl (C=O) groups excluding carboxylic acids is 2. The second-order valence-corrected chi connectivity index (χ2v) is 7.42. The molecule has 2 fully saturated rings. The van der Waals surface area contributed by atoms with Gasteiger partial charge in [0.1, 0.15) is 6.54 Å². The van der Waals surface area contributed by atoms with Gasteiger partial charge in [0.05, 0.1) is 6.04 Å². The molecule has 0 aromatic carbocycles. The van der Waals surface area contributed by atoms with Gasteiger partial charge < -0.3 is 9.80 Å². The molecule has 1 aromatic heterocycles. The van der Waals surface area contributed by atoms with Crippen molar-refractivity contribution in [3.8, 4) is 0 Å². The van der Waals surface area contributed by atoms with E-state index in [1.807, 2.05) is 4.90 Å². The lowest BCUT2D eigenvalue weighted by atomic mass is 10.0. The molecule has 0 unspecified atom stereocenters. The maximum absolute atomic E-state index is 12.7. The largest absolute Gasteiger partial charge is 0.347 e. The van der Waals surface area contributed by atoms with Crippen molar-refractivity contribution < 1.29 is 9.59 Å². The highest BCUT2D eigenvalue weighted by Gasteiger charge is 2.36. The zero-order valence-corrected chi connectivity index (χ0v) is 14.9. The molecule has 2 heterocycles. The highest BCUT2D eigenvalue weighted by Crippen LogP contribution is 2.32. The Labute approximate surface area is 147 Å². The molecule has 7 nitrogen and oxygen atoms in total. The van der Waals surface area contributed by atoms with Crippen LogP contribution in [0.3, 0.4) is 0 Å². The van der Waals surface area contributed by atoms with Crippen LogP contribution in [-0.4, -0.2) is 56.8 Å². The number of carbonyl (C=O) groups is 2. The molecule has 1 aromatic rings. The molecule has 2 amide bonds. The predicted molar refractivity (Wildman–Crippen MR) is 92.8 cm³/mol. The summed E-state index contributed by atoms with van der Waals surface area (Å²) < 4.78 is 1.31. The van der Waals surface area contributed by atoms with Crippen LogP contribution in [-0.2, 0) is 16.1 Å². The lowest BCUT2D eigenvalue weighted by Crippen LogP contribution is -2.48. The van der Waals surface area contributed by atoms with Crippen LogP contribution in [0.15, 0.2) is 23.3 Å². The summed E-state index contributed by atoms with van der Waals surface area (Å²) in [6.45, 7) is 5.91. The van der Waals surface area contributed by atoms with Gasteiger partial charge in [0, 0.05) is 38.4 Å². The van der Waals surface area contributed by atoms with Crippen molar-refractivity contribution in [2.24, 2.45) is 11.8 Å². The fourth-order valence-electron chi connectivity index (χ4n) is 3.34. The van der Waals surface area contributed by atoms with Gasteiger partial charge in [0.2, 0.25) is 11.8 Å². The van der Waals surface area contributed by atoms with Crippen molar-refractivity contribution in [2.45, 2.75) is 45.7 Å². The van der Waals surface area contributed by atoms with Gasteiger partial charge in [0.15, 0.2) is 0 Å². The molecule has 0 radical (unpaired) electrons. The van der Waals surface area contributed by atoms with Crippen molar-refractivity contribution in [1.82, 2.24) is 19.4 Å². The molecule has 7 heteroatoms. The van der Waals surface area contributed by atoms with Crippen LogP contribution < -0.4 is 5.69 Å². The fraction of sp³-hybridized carbons (Fsp3) is 0.667. The van der Waals surface area contributed by atoms with Crippen molar-refractivity contribution in [3.05, 3.63) is 28.9 Å². The van der Waals surface area contributed by atoms with Crippen LogP contribution in [0.1, 0.15) is 33.1 Å². The zero-order chi connectivity index (χ0) is 18.0. The van der Waals surface area contributed by atoms with E-state index < -0.39 is 5.69 Å². The molecule has 1 saturated carbocycles. The van der Waals surface area contributed by atoms with E-state index in [9.17, 15) is 14.4 Å². The average molecular weight is 346 g/mol. The molecule has 1 saturated heterocycles. The maximum Gasteiger partial charge on any atom is 0.347 e. The number of rotatable bonds is 5. The molecule has 0 bridgehead atoms. The van der Waals surface area contributed by atoms with Gasteiger partial charge in [-0.1, -0.05) is 13.8 Å². The van der Waals surface area contributed by atoms with Gasteiger partial charge in [-0.15, -0.1) is 0 Å². The van der Waals surface area contributed by atoms with Crippen LogP contribution in [0.4, 0.5) is 0 Å². The predicted octanol–water partition coefficient (Wildman–Crippen LogP) is 0.739. The van der Waals surface area contributed by atoms with E-state index >= 15 is 0 Å². The Kier molecular flexibility index (Phi) is 5.20. The number of hydrogen-bond donors (Lipinski definition) is 0. The van der Waals surface area contributed by atoms with Gasteiger partial charge in [-0.3, -0.25) is 14.2 Å². The summed E-state index contributed by atoms with van der Waals surface area (Å²) in [6, 6.07) is 1.67. The van der Waals surface area contributed by atoms with Crippen LogP contribution in [0.5, 0.6) is 0 Å². The Morgan fingerprint density at radius 2 is 2.08 bits per heavy atom. The first-order chi connectivity index (χ1) is 12.0. The summed E-state index contributed by atoms with van der Waals surface area (Å²) in [6.07, 6.45) is 5.72. The first-order valence-electron chi connectivity index (χ1n) is 9.04. The fourth-order valence-corrected chi connectivity index (χ4v) is 3.34. The summed E-state index contributed by atoms with van der Waals surface area (Å²) in [7, 11) is 0. The van der Waals surface area contributed by atoms with E-state index in [1.54, 1.807) is 17.2 Å². The third-order valence-corrected chi connectivity index (χ3v) is 5.09. The minimum absolute atomic E-state index is 0.0326. The molecule has 136 valence electrons. The topological polar surface area (TPSA) is 75.5 Å². The Morgan fingerprint density at radius 1 is 1.32 bits per heavy atom. The maximum atomic E-state index is 12.7. The van der Waals surface area contributed by atoms with E-state index in [2.05, 4.69) is 18.8 Å². The summed E-state index contributed by atoms with van der Waals surface area (Å²) in [5, 5.41) is 0. The quantitative estimate of drug-likeness (QED) is 0.788. The molecule has 0 spiro atoms. The van der Waals surface area contributed by atoms with E-state index in [0.717, 1.165) is 6.54 Å². The number of nitrogens with zero attached hydrogens (tertiary/aromatic N) is 4. The second kappa shape index (κ2) is 7.37. The van der Waals surface area contributed by atoms with Gasteiger partial charge >= 0.3 is 5.69 Å². The van der Waals surface area contributed by atoms with Crippen LogP contribution >= 0.6 is 0 Å². The van der Waals surface area contributed by atoms with Gasteiger partial charge in [-0.25, -0.2) is 9.78 Å². The molecule has 1 aliphatic heterocycles. The normalized spacial score (nSPS) is 21.6. The summed E-state index contributed by atoms with van der Waals surface area (Å²) >= 11 is 0. The van der Waals surface area contributed by atoms with Crippen LogP contribution in [0.25, 0.3) is 0 Å². The Hall–Kier alpha value is -2.18. The molecule has 0 N–H and O–H groups in total. The Morgan fingerprint density at radius 3 is 2.72 bits per heavy atom. The molecule has 3 rings (SSSR count). The van der Waals surface area contributed by atoms with Crippen LogP contribution in [0, 0.1) is 11.8 Å². The second-order valence-electron chi connectivity index (χ2n) is 7.42. The monoisotopic (exact) mass is 346 g/mol. The SMILES string of the molecule is CC(C)[C@@H]1CN(C(=O)Cn2cccnc2=O)CCC(=O)N1CC1CC1. The molecule has 25 heavy (non-hydrogen) atoms. The standard InChI is InChI=1S/C18H26N4O3/c1-13(2)15-11-20(9-6-16(23)22(15)10-14-4-5-14)17(24)12-21-8-3-7-19-18(21)25/h3,7-8,13-15H,4-6,9-12H2,1-2H3/t15-/m0/s1. The van der Waals surface area contributed by atoms with Crippen molar-refractivity contribution in [3.63, 3.8) is 0 Å². The van der Waals surface area contributed by atoms with E-state index in [4.69, 9.17) is 0 Å². The first-order valence-corrected chi connectivity index (χ1v) is 9.04. The Bertz CT molecular complexity index is 696. The van der Waals surface area contributed by atoms with Gasteiger partial charge in [-0.2, -0.15) is 0 Å². The van der Waals surface area contributed by atoms with Crippen molar-refractivity contribution in [2.75, 3.05) is 19.6 Å². The molecule has 2 aliphatic rings. The average Bonchev–Trinajstić information content (AvgIpc) is 3.39. The number of aromatic nitrogens is 2. The van der Waals surface area contributed by atoms with E-state index in [0.29, 0.717) is 25.4 Å². The lowest BCUT2D eigenvalue weighted by molar-refractivity contribution is -0.134. The third-order valence-electron chi connectivity index (χ3n) is 5.09.